The van der Waals surface area contributed by atoms with Crippen molar-refractivity contribution in [1.82, 2.24) is 5.32 Å². The first kappa shape index (κ1) is 11.9. The highest BCUT2D eigenvalue weighted by Crippen LogP contribution is 2.26. The number of benzene rings is 2. The maximum atomic E-state index is 5.76. The van der Waals surface area contributed by atoms with Crippen LogP contribution in [-0.4, -0.2) is 20.1 Å². The average Bonchev–Trinajstić information content (AvgIpc) is 2.83. The molecule has 1 atom stereocenters. The molecule has 3 nitrogen and oxygen atoms in total. The SMILES string of the molecule is CN(C[C@H]1C=C(N)NC1)c1cccc2ccccc12. The molecule has 19 heavy (non-hydrogen) atoms. The Bertz CT molecular complexity index is 613. The first-order chi connectivity index (χ1) is 9.24. The molecule has 3 heteroatoms. The summed E-state index contributed by atoms with van der Waals surface area (Å²) < 4.78 is 0. The van der Waals surface area contributed by atoms with Crippen LogP contribution >= 0.6 is 0 Å². The van der Waals surface area contributed by atoms with E-state index in [2.05, 4.69) is 65.8 Å². The number of nitrogens with zero attached hydrogens (tertiary/aromatic N) is 1. The Kier molecular flexibility index (Phi) is 3.03. The summed E-state index contributed by atoms with van der Waals surface area (Å²) in [4.78, 5) is 2.31. The average molecular weight is 253 g/mol. The van der Waals surface area contributed by atoms with Gasteiger partial charge >= 0.3 is 0 Å². The van der Waals surface area contributed by atoms with Crippen molar-refractivity contribution in [2.45, 2.75) is 0 Å². The van der Waals surface area contributed by atoms with Gasteiger partial charge in [-0.15, -0.1) is 0 Å². The molecular weight excluding hydrogens is 234 g/mol. The van der Waals surface area contributed by atoms with Crippen molar-refractivity contribution < 1.29 is 0 Å². The molecule has 0 aliphatic carbocycles. The van der Waals surface area contributed by atoms with E-state index < -0.39 is 0 Å². The minimum Gasteiger partial charge on any atom is -0.386 e. The minimum atomic E-state index is 0.476. The van der Waals surface area contributed by atoms with E-state index in [1.807, 2.05) is 0 Å². The van der Waals surface area contributed by atoms with Gasteiger partial charge in [0.1, 0.15) is 0 Å². The number of hydrogen-bond acceptors (Lipinski definition) is 3. The van der Waals surface area contributed by atoms with Crippen molar-refractivity contribution in [3.8, 4) is 0 Å². The summed E-state index contributed by atoms with van der Waals surface area (Å²) in [5, 5.41) is 5.76. The van der Waals surface area contributed by atoms with Crippen molar-refractivity contribution in [2.24, 2.45) is 11.7 Å². The lowest BCUT2D eigenvalue weighted by molar-refractivity contribution is 0.641. The third-order valence-electron chi connectivity index (χ3n) is 3.67. The lowest BCUT2D eigenvalue weighted by Gasteiger charge is -2.23. The normalized spacial score (nSPS) is 18.2. The van der Waals surface area contributed by atoms with Crippen LogP contribution in [0.1, 0.15) is 0 Å². The van der Waals surface area contributed by atoms with Gasteiger partial charge in [-0.2, -0.15) is 0 Å². The van der Waals surface area contributed by atoms with Crippen LogP contribution in [0.4, 0.5) is 5.69 Å². The van der Waals surface area contributed by atoms with E-state index in [0.29, 0.717) is 5.92 Å². The molecular formula is C16H19N3. The molecule has 1 aliphatic rings. The first-order valence-corrected chi connectivity index (χ1v) is 6.64. The molecule has 1 heterocycles. The van der Waals surface area contributed by atoms with Crippen LogP contribution in [0, 0.1) is 5.92 Å². The summed E-state index contributed by atoms with van der Waals surface area (Å²) in [7, 11) is 2.14. The standard InChI is InChI=1S/C16H19N3/c1-19(11-12-9-16(17)18-10-12)15-8-4-6-13-5-2-3-7-14(13)15/h2-9,12,18H,10-11,17H2,1H3/t12-/m0/s1. The van der Waals surface area contributed by atoms with Gasteiger partial charge in [0.05, 0.1) is 5.82 Å². The van der Waals surface area contributed by atoms with Crippen molar-refractivity contribution in [3.05, 3.63) is 54.4 Å². The predicted molar refractivity (Wildman–Crippen MR) is 81.0 cm³/mol. The van der Waals surface area contributed by atoms with E-state index in [4.69, 9.17) is 5.73 Å². The summed E-state index contributed by atoms with van der Waals surface area (Å²) >= 11 is 0. The molecule has 2 aromatic rings. The molecule has 0 aromatic heterocycles. The lowest BCUT2D eigenvalue weighted by Crippen LogP contribution is -2.27. The van der Waals surface area contributed by atoms with Crippen LogP contribution in [-0.2, 0) is 0 Å². The highest BCUT2D eigenvalue weighted by Gasteiger charge is 2.16. The lowest BCUT2D eigenvalue weighted by atomic mass is 10.1. The van der Waals surface area contributed by atoms with E-state index in [1.54, 1.807) is 0 Å². The molecule has 0 saturated heterocycles. The minimum absolute atomic E-state index is 0.476. The highest BCUT2D eigenvalue weighted by atomic mass is 15.1. The fourth-order valence-electron chi connectivity index (χ4n) is 2.73. The van der Waals surface area contributed by atoms with E-state index >= 15 is 0 Å². The van der Waals surface area contributed by atoms with Gasteiger partial charge in [-0.3, -0.25) is 0 Å². The van der Waals surface area contributed by atoms with E-state index in [-0.39, 0.29) is 0 Å². The molecule has 3 rings (SSSR count). The number of nitrogens with one attached hydrogen (secondary N) is 1. The molecule has 3 N–H and O–H groups in total. The Morgan fingerprint density at radius 2 is 2.00 bits per heavy atom. The van der Waals surface area contributed by atoms with Gasteiger partial charge in [-0.1, -0.05) is 36.4 Å². The Morgan fingerprint density at radius 3 is 2.79 bits per heavy atom. The number of nitrogens with two attached hydrogens (primary N) is 1. The predicted octanol–water partition coefficient (Wildman–Crippen LogP) is 2.30. The van der Waals surface area contributed by atoms with Gasteiger partial charge < -0.3 is 16.0 Å². The summed E-state index contributed by atoms with van der Waals surface area (Å²) in [6.45, 7) is 1.91. The second-order valence-corrected chi connectivity index (χ2v) is 5.14. The third kappa shape index (κ3) is 2.36. The zero-order valence-electron chi connectivity index (χ0n) is 11.1. The summed E-state index contributed by atoms with van der Waals surface area (Å²) in [6, 6.07) is 15.0. The summed E-state index contributed by atoms with van der Waals surface area (Å²) in [5.41, 5.74) is 7.04. The van der Waals surface area contributed by atoms with Crippen LogP contribution in [0.5, 0.6) is 0 Å². The number of anilines is 1. The zero-order chi connectivity index (χ0) is 13.2. The Balaban J connectivity index is 1.87. The van der Waals surface area contributed by atoms with Gasteiger partial charge in [-0.05, 0) is 17.5 Å². The smallest absolute Gasteiger partial charge is 0.0923 e. The van der Waals surface area contributed by atoms with Crippen molar-refractivity contribution in [1.29, 1.82) is 0 Å². The van der Waals surface area contributed by atoms with Gasteiger partial charge in [-0.25, -0.2) is 0 Å². The molecule has 0 fully saturated rings. The van der Waals surface area contributed by atoms with E-state index in [9.17, 15) is 0 Å². The second kappa shape index (κ2) is 4.84. The van der Waals surface area contributed by atoms with Crippen LogP contribution in [0.25, 0.3) is 10.8 Å². The molecule has 0 bridgehead atoms. The van der Waals surface area contributed by atoms with E-state index in [1.165, 1.54) is 16.5 Å². The summed E-state index contributed by atoms with van der Waals surface area (Å²) in [6.07, 6.45) is 2.11. The molecule has 1 aliphatic heterocycles. The molecule has 2 aromatic carbocycles. The topological polar surface area (TPSA) is 41.3 Å². The molecule has 0 saturated carbocycles. The Hall–Kier alpha value is -2.16. The third-order valence-corrected chi connectivity index (χ3v) is 3.67. The van der Waals surface area contributed by atoms with Gasteiger partial charge in [0, 0.05) is 37.1 Å². The van der Waals surface area contributed by atoms with Crippen LogP contribution in [0.3, 0.4) is 0 Å². The maximum absolute atomic E-state index is 5.76. The van der Waals surface area contributed by atoms with E-state index in [0.717, 1.165) is 18.9 Å². The quantitative estimate of drug-likeness (QED) is 0.882. The molecule has 0 unspecified atom stereocenters. The molecule has 0 radical (unpaired) electrons. The monoisotopic (exact) mass is 253 g/mol. The molecule has 98 valence electrons. The van der Waals surface area contributed by atoms with Crippen molar-refractivity contribution in [2.75, 3.05) is 25.0 Å². The highest BCUT2D eigenvalue weighted by molar-refractivity contribution is 5.94. The first-order valence-electron chi connectivity index (χ1n) is 6.64. The van der Waals surface area contributed by atoms with Crippen LogP contribution in [0.15, 0.2) is 54.4 Å². The molecule has 0 spiro atoms. The molecule has 0 amide bonds. The Morgan fingerprint density at radius 1 is 1.21 bits per heavy atom. The number of rotatable bonds is 3. The van der Waals surface area contributed by atoms with Gasteiger partial charge in [0.15, 0.2) is 0 Å². The summed E-state index contributed by atoms with van der Waals surface area (Å²) in [5.74, 6) is 1.28. The van der Waals surface area contributed by atoms with Crippen molar-refractivity contribution >= 4 is 16.5 Å². The van der Waals surface area contributed by atoms with Gasteiger partial charge in [0.25, 0.3) is 0 Å². The fourth-order valence-corrected chi connectivity index (χ4v) is 2.73. The van der Waals surface area contributed by atoms with Crippen molar-refractivity contribution in [3.63, 3.8) is 0 Å². The van der Waals surface area contributed by atoms with Crippen LogP contribution < -0.4 is 16.0 Å². The van der Waals surface area contributed by atoms with Gasteiger partial charge in [0.2, 0.25) is 0 Å². The fraction of sp³-hybridized carbons (Fsp3) is 0.250. The maximum Gasteiger partial charge on any atom is 0.0923 e. The second-order valence-electron chi connectivity index (χ2n) is 5.14. The Labute approximate surface area is 113 Å². The number of fused-ring (bicyclic) bond motifs is 1. The zero-order valence-corrected chi connectivity index (χ0v) is 11.1. The largest absolute Gasteiger partial charge is 0.386 e. The number of hydrogen-bond donors (Lipinski definition) is 2. The van der Waals surface area contributed by atoms with Crippen LogP contribution in [0.2, 0.25) is 0 Å².